The molecule has 0 radical (unpaired) electrons. The number of halogens is 1. The number of hydrogen-bond acceptors (Lipinski definition) is 1. The number of fused-ring (bicyclic) bond motifs is 1. The van der Waals surface area contributed by atoms with E-state index in [0.717, 1.165) is 11.4 Å². The molecule has 98 valence electrons. The van der Waals surface area contributed by atoms with Crippen LogP contribution in [0, 0.1) is 0 Å². The summed E-state index contributed by atoms with van der Waals surface area (Å²) in [6.07, 6.45) is 3.37. The molecule has 0 bridgehead atoms. The molecule has 1 unspecified atom stereocenters. The number of rotatable bonds is 2. The van der Waals surface area contributed by atoms with Gasteiger partial charge in [0.1, 0.15) is 0 Å². The molecule has 1 atom stereocenters. The molecule has 1 nitrogen and oxygen atoms in total. The smallest absolute Gasteiger partial charge is 0.0406 e. The highest BCUT2D eigenvalue weighted by Crippen LogP contribution is 2.26. The SMILES string of the molecule is CC1CCc2cc(Cc3ccc(Cl)cc3)ccc2N1. The highest BCUT2D eigenvalue weighted by atomic mass is 35.5. The van der Waals surface area contributed by atoms with Gasteiger partial charge in [-0.3, -0.25) is 0 Å². The van der Waals surface area contributed by atoms with E-state index in [-0.39, 0.29) is 0 Å². The highest BCUT2D eigenvalue weighted by molar-refractivity contribution is 6.30. The first-order valence-electron chi connectivity index (χ1n) is 6.83. The summed E-state index contributed by atoms with van der Waals surface area (Å²) in [6, 6.07) is 15.5. The standard InChI is InChI=1S/C17H18ClN/c1-12-2-6-15-11-14(5-9-17(15)19-12)10-13-3-7-16(18)8-4-13/h3-5,7-9,11-12,19H,2,6,10H2,1H3. The normalized spacial score (nSPS) is 17.7. The zero-order valence-corrected chi connectivity index (χ0v) is 11.9. The molecule has 1 aliphatic rings. The van der Waals surface area contributed by atoms with Gasteiger partial charge in [0.25, 0.3) is 0 Å². The fourth-order valence-electron chi connectivity index (χ4n) is 2.65. The summed E-state index contributed by atoms with van der Waals surface area (Å²) in [4.78, 5) is 0. The number of hydrogen-bond donors (Lipinski definition) is 1. The molecular formula is C17H18ClN. The van der Waals surface area contributed by atoms with Crippen LogP contribution in [0.4, 0.5) is 5.69 Å². The Bertz CT molecular complexity index is 574. The predicted molar refractivity (Wildman–Crippen MR) is 82.1 cm³/mol. The predicted octanol–water partition coefficient (Wildman–Crippen LogP) is 4.68. The van der Waals surface area contributed by atoms with E-state index in [9.17, 15) is 0 Å². The van der Waals surface area contributed by atoms with Crippen molar-refractivity contribution in [2.45, 2.75) is 32.2 Å². The van der Waals surface area contributed by atoms with Crippen LogP contribution < -0.4 is 5.32 Å². The zero-order valence-electron chi connectivity index (χ0n) is 11.1. The molecule has 1 N–H and O–H groups in total. The molecular weight excluding hydrogens is 254 g/mol. The van der Waals surface area contributed by atoms with E-state index >= 15 is 0 Å². The van der Waals surface area contributed by atoms with Crippen LogP contribution in [0.5, 0.6) is 0 Å². The largest absolute Gasteiger partial charge is 0.382 e. The molecule has 0 aliphatic carbocycles. The van der Waals surface area contributed by atoms with E-state index in [1.54, 1.807) is 0 Å². The van der Waals surface area contributed by atoms with E-state index < -0.39 is 0 Å². The number of benzene rings is 2. The first kappa shape index (κ1) is 12.6. The minimum Gasteiger partial charge on any atom is -0.382 e. The van der Waals surface area contributed by atoms with Gasteiger partial charge >= 0.3 is 0 Å². The summed E-state index contributed by atoms with van der Waals surface area (Å²) in [7, 11) is 0. The molecule has 0 spiro atoms. The lowest BCUT2D eigenvalue weighted by Gasteiger charge is -2.24. The third-order valence-corrected chi connectivity index (χ3v) is 3.99. The molecule has 0 saturated carbocycles. The lowest BCUT2D eigenvalue weighted by molar-refractivity contribution is 0.680. The maximum Gasteiger partial charge on any atom is 0.0406 e. The molecule has 2 aromatic carbocycles. The molecule has 3 rings (SSSR count). The number of aryl methyl sites for hydroxylation is 1. The van der Waals surface area contributed by atoms with Crippen molar-refractivity contribution in [2.24, 2.45) is 0 Å². The van der Waals surface area contributed by atoms with Crippen molar-refractivity contribution in [2.75, 3.05) is 5.32 Å². The van der Waals surface area contributed by atoms with Gasteiger partial charge in [0.15, 0.2) is 0 Å². The fourth-order valence-corrected chi connectivity index (χ4v) is 2.78. The van der Waals surface area contributed by atoms with Gasteiger partial charge in [0.2, 0.25) is 0 Å². The van der Waals surface area contributed by atoms with Crippen molar-refractivity contribution in [3.8, 4) is 0 Å². The average Bonchev–Trinajstić information content (AvgIpc) is 2.42. The lowest BCUT2D eigenvalue weighted by Crippen LogP contribution is -2.21. The average molecular weight is 272 g/mol. The first-order valence-corrected chi connectivity index (χ1v) is 7.21. The van der Waals surface area contributed by atoms with Gasteiger partial charge in [-0.2, -0.15) is 0 Å². The van der Waals surface area contributed by atoms with Crippen LogP contribution in [0.2, 0.25) is 5.02 Å². The van der Waals surface area contributed by atoms with E-state index in [1.807, 2.05) is 12.1 Å². The molecule has 19 heavy (non-hydrogen) atoms. The second kappa shape index (κ2) is 5.26. The van der Waals surface area contributed by atoms with Gasteiger partial charge in [0.05, 0.1) is 0 Å². The molecule has 0 amide bonds. The number of anilines is 1. The summed E-state index contributed by atoms with van der Waals surface area (Å²) in [6.45, 7) is 2.24. The Hall–Kier alpha value is -1.47. The topological polar surface area (TPSA) is 12.0 Å². The fraction of sp³-hybridized carbons (Fsp3) is 0.294. The maximum absolute atomic E-state index is 5.91. The Labute approximate surface area is 119 Å². The summed E-state index contributed by atoms with van der Waals surface area (Å²) in [5.41, 5.74) is 5.43. The van der Waals surface area contributed by atoms with E-state index in [2.05, 4.69) is 42.6 Å². The Kier molecular flexibility index (Phi) is 3.48. The third kappa shape index (κ3) is 2.93. The number of nitrogens with one attached hydrogen (secondary N) is 1. The third-order valence-electron chi connectivity index (χ3n) is 3.74. The molecule has 0 fully saturated rings. The summed E-state index contributed by atoms with van der Waals surface area (Å²) in [5, 5.41) is 4.34. The molecule has 2 aromatic rings. The van der Waals surface area contributed by atoms with Gasteiger partial charge in [-0.05, 0) is 61.1 Å². The van der Waals surface area contributed by atoms with Crippen LogP contribution >= 0.6 is 11.6 Å². The summed E-state index contributed by atoms with van der Waals surface area (Å²) >= 11 is 5.91. The van der Waals surface area contributed by atoms with Gasteiger partial charge in [-0.15, -0.1) is 0 Å². The van der Waals surface area contributed by atoms with Gasteiger partial charge in [-0.25, -0.2) is 0 Å². The Morgan fingerprint density at radius 1 is 1.11 bits per heavy atom. The van der Waals surface area contributed by atoms with Crippen molar-refractivity contribution < 1.29 is 0 Å². The van der Waals surface area contributed by atoms with Gasteiger partial charge < -0.3 is 5.32 Å². The molecule has 1 heterocycles. The Balaban J connectivity index is 1.80. The molecule has 0 aromatic heterocycles. The molecule has 1 aliphatic heterocycles. The highest BCUT2D eigenvalue weighted by Gasteiger charge is 2.13. The zero-order chi connectivity index (χ0) is 13.2. The van der Waals surface area contributed by atoms with Crippen molar-refractivity contribution in [3.63, 3.8) is 0 Å². The minimum atomic E-state index is 0.592. The quantitative estimate of drug-likeness (QED) is 0.836. The van der Waals surface area contributed by atoms with Crippen molar-refractivity contribution in [1.82, 2.24) is 0 Å². The van der Waals surface area contributed by atoms with Crippen molar-refractivity contribution in [1.29, 1.82) is 0 Å². The van der Waals surface area contributed by atoms with Crippen LogP contribution in [-0.2, 0) is 12.8 Å². The maximum atomic E-state index is 5.91. The van der Waals surface area contributed by atoms with Gasteiger partial charge in [-0.1, -0.05) is 35.9 Å². The second-order valence-electron chi connectivity index (χ2n) is 5.38. The van der Waals surface area contributed by atoms with Gasteiger partial charge in [0, 0.05) is 16.8 Å². The van der Waals surface area contributed by atoms with Crippen LogP contribution in [0.3, 0.4) is 0 Å². The minimum absolute atomic E-state index is 0.592. The molecule has 2 heteroatoms. The van der Waals surface area contributed by atoms with E-state index in [0.29, 0.717) is 6.04 Å². The van der Waals surface area contributed by atoms with Crippen LogP contribution in [0.25, 0.3) is 0 Å². The lowest BCUT2D eigenvalue weighted by atomic mass is 9.95. The first-order chi connectivity index (χ1) is 9.20. The Morgan fingerprint density at radius 2 is 1.84 bits per heavy atom. The Morgan fingerprint density at radius 3 is 2.63 bits per heavy atom. The van der Waals surface area contributed by atoms with E-state index in [4.69, 9.17) is 11.6 Å². The second-order valence-corrected chi connectivity index (χ2v) is 5.82. The van der Waals surface area contributed by atoms with Crippen molar-refractivity contribution in [3.05, 3.63) is 64.2 Å². The summed E-state index contributed by atoms with van der Waals surface area (Å²) in [5.74, 6) is 0. The monoisotopic (exact) mass is 271 g/mol. The van der Waals surface area contributed by atoms with Crippen LogP contribution in [0.1, 0.15) is 30.0 Å². The van der Waals surface area contributed by atoms with E-state index in [1.165, 1.54) is 35.2 Å². The van der Waals surface area contributed by atoms with Crippen LogP contribution in [-0.4, -0.2) is 6.04 Å². The molecule has 0 saturated heterocycles. The van der Waals surface area contributed by atoms with Crippen molar-refractivity contribution >= 4 is 17.3 Å². The van der Waals surface area contributed by atoms with Crippen LogP contribution in [0.15, 0.2) is 42.5 Å². The summed E-state index contributed by atoms with van der Waals surface area (Å²) < 4.78 is 0.